The number of anilines is 5. The number of nitrogens with two attached hydrogens (primary N) is 2. The number of amides is 4. The Morgan fingerprint density at radius 2 is 0.745 bits per heavy atom. The van der Waals surface area contributed by atoms with E-state index in [2.05, 4.69) is 115 Å². The summed E-state index contributed by atoms with van der Waals surface area (Å²) in [5.41, 5.74) is 13.6. The van der Waals surface area contributed by atoms with Crippen LogP contribution in [0.2, 0.25) is 0 Å². The van der Waals surface area contributed by atoms with Crippen molar-refractivity contribution < 1.29 is 88.7 Å². The number of nitrogens with one attached hydrogen (secondary N) is 2. The molecule has 4 amide bonds. The summed E-state index contributed by atoms with van der Waals surface area (Å²) in [6.45, 7) is 6.41. The van der Waals surface area contributed by atoms with E-state index in [9.17, 15) is 88.7 Å². The van der Waals surface area contributed by atoms with Gasteiger partial charge in [0.25, 0.3) is 38.0 Å². The van der Waals surface area contributed by atoms with Gasteiger partial charge >= 0.3 is 0 Å². The van der Waals surface area contributed by atoms with Gasteiger partial charge in [-0.1, -0.05) is 6.92 Å². The van der Waals surface area contributed by atoms with Crippen LogP contribution in [0.25, 0.3) is 85.7 Å². The van der Waals surface area contributed by atoms with Gasteiger partial charge in [-0.3, -0.25) is 45.9 Å². The Kier molecular flexibility index (Phi) is 33.0. The largest absolute Gasteiger partial charge is 0.370 e. The molecule has 20 heterocycles. The molecule has 6 N–H and O–H groups in total. The highest BCUT2D eigenvalue weighted by molar-refractivity contribution is 7.90. The normalized spacial score (nSPS) is 18.1. The summed E-state index contributed by atoms with van der Waals surface area (Å²) in [7, 11) is -5.35. The molecule has 15 aromatic rings. The third-order valence-corrected chi connectivity index (χ3v) is 27.2. The number of hydrogen-bond acceptors (Lipinski definition) is 33. The van der Waals surface area contributed by atoms with Gasteiger partial charge < -0.3 is 41.3 Å². The number of carbonyl (C=O) groups excluding carboxylic acids is 4. The minimum absolute atomic E-state index is 0.00935. The summed E-state index contributed by atoms with van der Waals surface area (Å²) in [5.74, 6) is -3.55. The van der Waals surface area contributed by atoms with E-state index in [1.54, 1.807) is 61.1 Å². The third kappa shape index (κ3) is 25.8. The molecule has 786 valence electrons. The molecule has 5 aliphatic heterocycles. The topological polar surface area (TPSA) is 509 Å². The van der Waals surface area contributed by atoms with E-state index in [4.69, 9.17) is 11.5 Å². The zero-order valence-electron chi connectivity index (χ0n) is 80.2. The molecule has 42 nitrogen and oxygen atoms in total. The number of alkyl halides is 12. The highest BCUT2D eigenvalue weighted by Gasteiger charge is 2.54. The molecule has 56 heteroatoms. The molecule has 5 saturated heterocycles. The standard InChI is InChI=1S/C20H24F2N6O2S.C19H19F4N7O3S.C19H21F2N7O.C18H19F2N7O.C17H17F2N7O/c1-31(29,30)9-3-5-14-4-2-8-27(12-14)17-6-7-23-20(26-17)16-10-25-18-11-24-15(19(21)22)13-28(16)18;1-10-7-29(8-11(19(10,22)23)17(31)28-34(2,32)33)18-24-4-3-12(27-18)14-5-26-15-6-25-13(16(20)21)9-30(14)15;20-18(21)13-11-28-14(8-25-17(28)9-24-13)19-23-6-5-16(26-19)27-7-1-2-12(10-27)3-4-15(22)29;1-21-18(28)11-3-2-6-26(9-11)14-4-5-22-17(25-14)13-7-24-15-8-23-12(16(19)20)10-27(13)15;18-15(19)11-9-26-12(6-23-14(26)7-22-11)17-21-4-3-13(24-17)25-5-1-2-10(8-25)16(20)27/h6-7,10-11,13-14,19H,2-5,8-9,12H2,1H3;3-6,9-11,16H,7-8H2,1-2H3,(H,28,31);5-6,8-9,11-12,18H,1-4,7,10H2,(H2,22,29);4-5,7-8,10-11,16H,2-3,6,9H2,1H3,(H,21,28);3-4,6-7,9-10,15H,1-2,5,8H2,(H2,20,27). The lowest BCUT2D eigenvalue weighted by Crippen LogP contribution is -2.58. The van der Waals surface area contributed by atoms with E-state index >= 15 is 0 Å². The first kappa shape index (κ1) is 106. The fourth-order valence-corrected chi connectivity index (χ4v) is 19.3. The molecule has 0 aromatic carbocycles. The van der Waals surface area contributed by atoms with Crippen LogP contribution in [0.4, 0.5) is 81.9 Å². The van der Waals surface area contributed by atoms with Gasteiger partial charge in [-0.05, 0) is 113 Å². The molecule has 20 rings (SSSR count). The van der Waals surface area contributed by atoms with E-state index in [0.29, 0.717) is 136 Å². The number of aromatic nitrogens is 25. The predicted molar refractivity (Wildman–Crippen MR) is 518 cm³/mol. The maximum Gasteiger partial charge on any atom is 0.281 e. The van der Waals surface area contributed by atoms with Crippen LogP contribution in [0.15, 0.2) is 154 Å². The van der Waals surface area contributed by atoms with Crippen LogP contribution in [0.3, 0.4) is 0 Å². The van der Waals surface area contributed by atoms with Gasteiger partial charge in [-0.2, -0.15) is 0 Å². The number of sulfonamides is 1. The van der Waals surface area contributed by atoms with Crippen LogP contribution < -0.4 is 46.0 Å². The smallest absolute Gasteiger partial charge is 0.281 e. The Labute approximate surface area is 841 Å². The number of primary amides is 2. The summed E-state index contributed by atoms with van der Waals surface area (Å²) < 4.78 is 214. The molecule has 0 saturated carbocycles. The Bertz CT molecular complexity index is 7560. The predicted octanol–water partition coefficient (Wildman–Crippen LogP) is 11.6. The monoisotopic (exact) mass is 2110 g/mol. The molecular formula is C93H100F12N34O8S2. The van der Waals surface area contributed by atoms with Gasteiger partial charge in [0.15, 0.2) is 51.5 Å². The average Bonchev–Trinajstić information content (AvgIpc) is 1.46. The molecule has 0 bridgehead atoms. The van der Waals surface area contributed by atoms with Crippen LogP contribution in [-0.2, 0) is 39.0 Å². The number of rotatable bonds is 26. The number of piperidine rings is 5. The Morgan fingerprint density at radius 1 is 0.403 bits per heavy atom. The minimum atomic E-state index is -4.04. The molecule has 15 aromatic heterocycles. The number of fused-ring (bicyclic) bond motifs is 5. The van der Waals surface area contributed by atoms with Gasteiger partial charge in [0.1, 0.15) is 90.3 Å². The number of carbonyl (C=O) groups is 4. The van der Waals surface area contributed by atoms with Crippen molar-refractivity contribution in [3.8, 4) is 57.5 Å². The SMILES string of the molecule is CC1CN(c2nccc(-c3cnc4cnc(C(F)F)cn34)n2)CC(C(=O)NS(C)(=O)=O)C1(F)F.CNC(=O)C1CCCN(c2ccnc(-c3cnc4cnc(C(F)F)cn34)n2)C1.CS(=O)(=O)CCCC1CCCN(c2ccnc(-c3cnc4cnc(C(F)F)cn34)n2)C1.NC(=O)C1CCCN(c2ccnc(-c3cnc4cnc(C(F)F)cn34)n2)C1.NC(=O)CCC1CCCN(c2ccnc(-c3cnc4cnc(C(F)F)cn34)n2)C1. The molecular weight excluding hydrogens is 2010 g/mol. The van der Waals surface area contributed by atoms with E-state index in [1.807, 2.05) is 21.9 Å². The van der Waals surface area contributed by atoms with Crippen molar-refractivity contribution in [1.82, 2.24) is 132 Å². The lowest BCUT2D eigenvalue weighted by molar-refractivity contribution is -0.149. The highest BCUT2D eigenvalue weighted by atomic mass is 32.2. The first-order valence-electron chi connectivity index (χ1n) is 47.1. The van der Waals surface area contributed by atoms with Gasteiger partial charge in [-0.15, -0.1) is 0 Å². The molecule has 0 spiro atoms. The average molecular weight is 2110 g/mol. The fourth-order valence-electron chi connectivity index (χ4n) is 18.1. The highest BCUT2D eigenvalue weighted by Crippen LogP contribution is 2.41. The van der Waals surface area contributed by atoms with Crippen LogP contribution in [0.1, 0.15) is 145 Å². The number of hydrogen-bond donors (Lipinski definition) is 4. The van der Waals surface area contributed by atoms with E-state index in [1.165, 1.54) is 127 Å². The van der Waals surface area contributed by atoms with Crippen LogP contribution in [0, 0.1) is 35.5 Å². The summed E-state index contributed by atoms with van der Waals surface area (Å²) in [6.07, 6.45) is 26.5. The van der Waals surface area contributed by atoms with Crippen molar-refractivity contribution in [3.63, 3.8) is 0 Å². The molecule has 6 unspecified atom stereocenters. The van der Waals surface area contributed by atoms with Crippen molar-refractivity contribution in [2.24, 2.45) is 47.0 Å². The quantitative estimate of drug-likeness (QED) is 0.0366. The summed E-state index contributed by atoms with van der Waals surface area (Å²) >= 11 is 0. The number of halogens is 12. The summed E-state index contributed by atoms with van der Waals surface area (Å²) in [5, 5.41) is 2.70. The van der Waals surface area contributed by atoms with E-state index < -0.39 is 87.9 Å². The lowest BCUT2D eigenvalue weighted by atomic mass is 9.85. The third-order valence-electron chi connectivity index (χ3n) is 25.6. The molecule has 6 atom stereocenters. The van der Waals surface area contributed by atoms with Gasteiger partial charge in [0, 0.05) is 159 Å². The Morgan fingerprint density at radius 3 is 1.10 bits per heavy atom. The van der Waals surface area contributed by atoms with Crippen molar-refractivity contribution in [1.29, 1.82) is 0 Å². The zero-order valence-corrected chi connectivity index (χ0v) is 81.9. The number of nitrogens with zero attached hydrogens (tertiary/aromatic N) is 30. The van der Waals surface area contributed by atoms with Crippen molar-refractivity contribution in [2.45, 2.75) is 122 Å². The van der Waals surface area contributed by atoms with Crippen LogP contribution in [0.5, 0.6) is 0 Å². The maximum absolute atomic E-state index is 14.8. The fraction of sp³-hybridized carbons (Fsp3) is 0.419. The summed E-state index contributed by atoms with van der Waals surface area (Å²) in [4.78, 5) is 140. The number of imidazole rings is 5. The van der Waals surface area contributed by atoms with Crippen molar-refractivity contribution in [3.05, 3.63) is 183 Å². The summed E-state index contributed by atoms with van der Waals surface area (Å²) in [6, 6.07) is 8.69. The number of sulfone groups is 1. The van der Waals surface area contributed by atoms with Crippen LogP contribution in [-0.4, -0.2) is 259 Å². The van der Waals surface area contributed by atoms with Gasteiger partial charge in [0.05, 0.1) is 91.4 Å². The second-order valence-corrected chi connectivity index (χ2v) is 40.2. The van der Waals surface area contributed by atoms with Crippen molar-refractivity contribution >= 4 is 101 Å². The van der Waals surface area contributed by atoms with Crippen molar-refractivity contribution in [2.75, 3.05) is 115 Å². The van der Waals surface area contributed by atoms with Gasteiger partial charge in [-0.25, -0.2) is 169 Å². The molecule has 0 radical (unpaired) electrons. The molecule has 5 fully saturated rings. The van der Waals surface area contributed by atoms with Gasteiger partial charge in [0.2, 0.25) is 39.6 Å². The molecule has 0 aliphatic carbocycles. The Hall–Kier alpha value is -15.6. The second kappa shape index (κ2) is 46.2. The van der Waals surface area contributed by atoms with E-state index in [0.717, 1.165) is 121 Å². The first-order valence-corrected chi connectivity index (χ1v) is 51.1. The zero-order chi connectivity index (χ0) is 106. The molecule has 5 aliphatic rings. The lowest BCUT2D eigenvalue weighted by Gasteiger charge is -2.41. The maximum atomic E-state index is 14.8. The van der Waals surface area contributed by atoms with Crippen LogP contribution >= 0.6 is 0 Å². The second-order valence-electron chi connectivity index (χ2n) is 36.2. The Balaban J connectivity index is 0.000000133. The first-order chi connectivity index (χ1) is 71.3. The molecule has 149 heavy (non-hydrogen) atoms. The minimum Gasteiger partial charge on any atom is -0.370 e. The van der Waals surface area contributed by atoms with E-state index in [-0.39, 0.29) is 76.3 Å².